The lowest BCUT2D eigenvalue weighted by molar-refractivity contribution is 0.152. The van der Waals surface area contributed by atoms with Crippen molar-refractivity contribution in [2.45, 2.75) is 39.3 Å². The monoisotopic (exact) mass is 534 g/mol. The van der Waals surface area contributed by atoms with Gasteiger partial charge in [-0.2, -0.15) is 0 Å². The number of carbonyl (C=O) groups excluding carboxylic acids is 1. The van der Waals surface area contributed by atoms with Crippen molar-refractivity contribution in [3.05, 3.63) is 73.1 Å². The van der Waals surface area contributed by atoms with E-state index in [-0.39, 0.29) is 0 Å². The largest absolute Gasteiger partial charge is 0.519 e. The molecule has 7 nitrogen and oxygen atoms in total. The molecule has 2 aromatic rings. The van der Waals surface area contributed by atoms with Crippen LogP contribution in [-0.2, 0) is 8.23 Å². The van der Waals surface area contributed by atoms with Crippen molar-refractivity contribution >= 4 is 50.3 Å². The minimum absolute atomic E-state index is 0.314. The summed E-state index contributed by atoms with van der Waals surface area (Å²) in [6.45, 7) is 18.5. The lowest BCUT2D eigenvalue weighted by Gasteiger charge is -2.30. The first-order chi connectivity index (χ1) is 15.6. The summed E-state index contributed by atoms with van der Waals surface area (Å²) in [6.07, 6.45) is -0.880. The second kappa shape index (κ2) is 10.7. The van der Waals surface area contributed by atoms with Crippen LogP contribution in [0.5, 0.6) is 11.5 Å². The van der Waals surface area contributed by atoms with E-state index in [0.717, 1.165) is 10.4 Å². The zero-order valence-corrected chi connectivity index (χ0v) is 24.6. The Hall–Kier alpha value is -2.10. The quantitative estimate of drug-likeness (QED) is 0.273. The van der Waals surface area contributed by atoms with E-state index in [1.807, 2.05) is 38.3 Å². The Morgan fingerprint density at radius 3 is 1.41 bits per heavy atom. The predicted octanol–water partition coefficient (Wildman–Crippen LogP) is 3.70. The molecule has 0 saturated heterocycles. The fraction of sp³-hybridized carbons (Fsp3) is 0.261. The third kappa shape index (κ3) is 7.99. The average molecular weight is 535 g/mol. The van der Waals surface area contributed by atoms with Gasteiger partial charge in [0.1, 0.15) is 11.5 Å². The Bertz CT molecular complexity index is 970. The molecule has 0 aliphatic rings. The molecule has 0 bridgehead atoms. The summed E-state index contributed by atoms with van der Waals surface area (Å²) in [5, 5.41) is 1.72. The van der Waals surface area contributed by atoms with Crippen LogP contribution in [-0.4, -0.2) is 49.5 Å². The first-order valence-corrected chi connectivity index (χ1v) is 21.5. The van der Waals surface area contributed by atoms with Crippen LogP contribution in [0, 0.1) is 0 Å². The highest BCUT2D eigenvalue weighted by molar-refractivity contribution is 6.92. The highest BCUT2D eigenvalue weighted by atomic mass is 28.4. The van der Waals surface area contributed by atoms with E-state index >= 15 is 0 Å². The van der Waals surface area contributed by atoms with Crippen molar-refractivity contribution in [1.82, 2.24) is 0 Å². The second-order valence-corrected chi connectivity index (χ2v) is 23.1. The van der Waals surface area contributed by atoms with Gasteiger partial charge in [-0.3, -0.25) is 0 Å². The van der Waals surface area contributed by atoms with Crippen LogP contribution >= 0.6 is 0 Å². The van der Waals surface area contributed by atoms with Gasteiger partial charge in [-0.25, -0.2) is 4.79 Å². The van der Waals surface area contributed by atoms with Crippen molar-refractivity contribution in [3.63, 3.8) is 0 Å². The molecular formula is C23H34O7Si4. The number of carbonyl (C=O) groups is 1. The normalized spacial score (nSPS) is 15.5. The predicted molar refractivity (Wildman–Crippen MR) is 144 cm³/mol. The molecular weight excluding hydrogens is 501 g/mol. The molecule has 184 valence electrons. The molecule has 34 heavy (non-hydrogen) atoms. The average Bonchev–Trinajstić information content (AvgIpc) is 2.72. The van der Waals surface area contributed by atoms with Crippen LogP contribution in [0.4, 0.5) is 4.79 Å². The topological polar surface area (TPSA) is 94.5 Å². The summed E-state index contributed by atoms with van der Waals surface area (Å²) in [5.74, 6) is 0.627. The maximum absolute atomic E-state index is 12.5. The zero-order chi connectivity index (χ0) is 25.8. The summed E-state index contributed by atoms with van der Waals surface area (Å²) in [6, 6.07) is 14.1. The second-order valence-electron chi connectivity index (χ2n) is 9.25. The van der Waals surface area contributed by atoms with Crippen molar-refractivity contribution in [2.24, 2.45) is 0 Å². The zero-order valence-electron chi connectivity index (χ0n) is 20.6. The molecule has 0 saturated carbocycles. The number of hydrogen-bond donors (Lipinski definition) is 2. The summed E-state index contributed by atoms with van der Waals surface area (Å²) in [7, 11) is -10.9. The van der Waals surface area contributed by atoms with E-state index in [1.54, 1.807) is 49.5 Å². The Kier molecular flexibility index (Phi) is 8.82. The van der Waals surface area contributed by atoms with Gasteiger partial charge >= 0.3 is 23.3 Å². The highest BCUT2D eigenvalue weighted by Crippen LogP contribution is 2.19. The molecule has 0 fully saturated rings. The van der Waals surface area contributed by atoms with Gasteiger partial charge in [0.25, 0.3) is 0 Å². The number of ether oxygens (including phenoxy) is 2. The molecule has 2 N–H and O–H groups in total. The Balaban J connectivity index is 2.14. The number of benzene rings is 2. The maximum Gasteiger partial charge on any atom is 0.519 e. The molecule has 2 unspecified atom stereocenters. The summed E-state index contributed by atoms with van der Waals surface area (Å²) < 4.78 is 22.8. The van der Waals surface area contributed by atoms with Crippen molar-refractivity contribution < 1.29 is 32.1 Å². The lowest BCUT2D eigenvalue weighted by Crippen LogP contribution is -2.53. The van der Waals surface area contributed by atoms with Gasteiger partial charge in [0.2, 0.25) is 16.6 Å². The first kappa shape index (κ1) is 28.1. The highest BCUT2D eigenvalue weighted by Gasteiger charge is 2.36. The van der Waals surface area contributed by atoms with Crippen LogP contribution < -0.4 is 19.8 Å². The number of hydrogen-bond acceptors (Lipinski definition) is 7. The number of rotatable bonds is 10. The molecule has 2 rings (SSSR count). The fourth-order valence-electron chi connectivity index (χ4n) is 3.32. The van der Waals surface area contributed by atoms with E-state index in [0.29, 0.717) is 11.5 Å². The van der Waals surface area contributed by atoms with E-state index in [2.05, 4.69) is 13.2 Å². The van der Waals surface area contributed by atoms with E-state index in [9.17, 15) is 14.4 Å². The summed E-state index contributed by atoms with van der Waals surface area (Å²) in [4.78, 5) is 33.2. The summed E-state index contributed by atoms with van der Waals surface area (Å²) in [5.41, 5.74) is 2.95. The maximum atomic E-state index is 12.5. The molecule has 0 amide bonds. The molecule has 0 aliphatic carbocycles. The Labute approximate surface area is 206 Å². The van der Waals surface area contributed by atoms with E-state index in [1.165, 1.54) is 11.4 Å². The lowest BCUT2D eigenvalue weighted by atomic mass is 10.3. The molecule has 0 aliphatic heterocycles. The van der Waals surface area contributed by atoms with Crippen LogP contribution in [0.1, 0.15) is 0 Å². The smallest absolute Gasteiger partial charge is 0.429 e. The van der Waals surface area contributed by atoms with Crippen LogP contribution in [0.2, 0.25) is 39.3 Å². The van der Waals surface area contributed by atoms with Crippen LogP contribution in [0.15, 0.2) is 73.1 Å². The van der Waals surface area contributed by atoms with Gasteiger partial charge in [-0.15, -0.1) is 13.2 Å². The van der Waals surface area contributed by atoms with Gasteiger partial charge in [-0.1, -0.05) is 35.7 Å². The molecule has 2 atom stereocenters. The van der Waals surface area contributed by atoms with Crippen molar-refractivity contribution in [2.75, 3.05) is 0 Å². The minimum Gasteiger partial charge on any atom is -0.429 e. The fourth-order valence-corrected chi connectivity index (χ4v) is 15.2. The van der Waals surface area contributed by atoms with Gasteiger partial charge in [0.15, 0.2) is 0 Å². The third-order valence-electron chi connectivity index (χ3n) is 5.14. The minimum atomic E-state index is -2.97. The van der Waals surface area contributed by atoms with Gasteiger partial charge in [-0.05, 0) is 73.9 Å². The van der Waals surface area contributed by atoms with Crippen molar-refractivity contribution in [1.29, 1.82) is 0 Å². The standard InChI is InChI=1S/C23H34O7Si4/c1-9-33(7,25)29-31(3,4)21-15-11-13-19(17-21)27-23(24)28-20-14-12-16-22(18-20)32(5,6)30-34(8,26)10-2/h9-18,25-26H,1-2H2,3-8H3. The van der Waals surface area contributed by atoms with Gasteiger partial charge in [0, 0.05) is 0 Å². The third-order valence-corrected chi connectivity index (χ3v) is 17.4. The molecule has 11 heteroatoms. The van der Waals surface area contributed by atoms with Crippen molar-refractivity contribution in [3.8, 4) is 11.5 Å². The SMILES string of the molecule is C=C[Si](C)(O)O[Si](C)(C)c1cccc(OC(=O)Oc2cccc([Si](C)(C)O[Si](C)(O)C=C)c2)c1. The molecule has 0 heterocycles. The van der Waals surface area contributed by atoms with Crippen LogP contribution in [0.25, 0.3) is 0 Å². The Morgan fingerprint density at radius 1 is 0.735 bits per heavy atom. The summed E-state index contributed by atoms with van der Waals surface area (Å²) >= 11 is 0. The van der Waals surface area contributed by atoms with Crippen LogP contribution in [0.3, 0.4) is 0 Å². The first-order valence-electron chi connectivity index (χ1n) is 10.8. The van der Waals surface area contributed by atoms with E-state index < -0.39 is 39.9 Å². The van der Waals surface area contributed by atoms with Gasteiger partial charge in [0.05, 0.1) is 0 Å². The Morgan fingerprint density at radius 2 is 1.09 bits per heavy atom. The molecule has 0 spiro atoms. The molecule has 0 aromatic heterocycles. The van der Waals surface area contributed by atoms with E-state index in [4.69, 9.17) is 17.7 Å². The molecule has 2 aromatic carbocycles. The molecule has 0 radical (unpaired) electrons. The van der Waals surface area contributed by atoms with Gasteiger partial charge < -0.3 is 27.3 Å².